The lowest BCUT2D eigenvalue weighted by Crippen LogP contribution is -2.12. The van der Waals surface area contributed by atoms with Gasteiger partial charge in [0.15, 0.2) is 0 Å². The molecular formula is C21H39N3O5. The largest absolute Gasteiger partial charge is 0.382 e. The Labute approximate surface area is 175 Å². The maximum Gasteiger partial charge on any atom is 0.135 e. The molecule has 0 spiro atoms. The second-order valence-corrected chi connectivity index (χ2v) is 7.03. The first kappa shape index (κ1) is 25.7. The molecule has 0 radical (unpaired) electrons. The smallest absolute Gasteiger partial charge is 0.135 e. The number of aryl methyl sites for hydroxylation is 1. The summed E-state index contributed by atoms with van der Waals surface area (Å²) in [5.74, 6) is 0.658. The number of ketones is 1. The number of Topliss-reactive ketones (excluding diaryl/α,β-unsaturated/α-hetero) is 1. The van der Waals surface area contributed by atoms with Gasteiger partial charge in [-0.1, -0.05) is 25.5 Å². The van der Waals surface area contributed by atoms with Gasteiger partial charge in [0.1, 0.15) is 11.5 Å². The van der Waals surface area contributed by atoms with E-state index in [0.717, 1.165) is 44.3 Å². The molecule has 29 heavy (non-hydrogen) atoms. The number of carbonyl (C=O) groups excluding carboxylic acids is 1. The van der Waals surface area contributed by atoms with Crippen molar-refractivity contribution in [1.82, 2.24) is 15.0 Å². The molecule has 0 N–H and O–H groups in total. The molecule has 1 aromatic rings. The topological polar surface area (TPSA) is 84.7 Å². The fraction of sp³-hybridized carbons (Fsp3) is 0.857. The van der Waals surface area contributed by atoms with Gasteiger partial charge in [0, 0.05) is 26.0 Å². The van der Waals surface area contributed by atoms with Crippen molar-refractivity contribution < 1.29 is 23.7 Å². The van der Waals surface area contributed by atoms with Crippen LogP contribution in [0.15, 0.2) is 6.20 Å². The predicted octanol–water partition coefficient (Wildman–Crippen LogP) is 3.04. The molecule has 1 heterocycles. The van der Waals surface area contributed by atoms with Crippen LogP contribution in [0.3, 0.4) is 0 Å². The molecule has 0 atom stereocenters. The number of methoxy groups -OCH3 is 1. The molecule has 0 amide bonds. The lowest BCUT2D eigenvalue weighted by molar-refractivity contribution is -0.123. The number of ether oxygens (including phenoxy) is 4. The summed E-state index contributed by atoms with van der Waals surface area (Å²) in [6.07, 6.45) is 7.51. The van der Waals surface area contributed by atoms with E-state index in [9.17, 15) is 4.79 Å². The summed E-state index contributed by atoms with van der Waals surface area (Å²) >= 11 is 0. The zero-order valence-corrected chi connectivity index (χ0v) is 18.4. The molecule has 168 valence electrons. The second kappa shape index (κ2) is 17.5. The first-order valence-electron chi connectivity index (χ1n) is 10.8. The standard InChI is InChI=1S/C21H39N3O5/c1-4-19(5-2)21(25)9-7-6-8-10-24-17-20(22-23-24)18-29-16-15-28-14-13-27-12-11-26-3/h17,19H,4-16,18H2,1-3H3. The van der Waals surface area contributed by atoms with Crippen molar-refractivity contribution in [3.8, 4) is 0 Å². The Bertz CT molecular complexity index is 520. The maximum absolute atomic E-state index is 12.0. The van der Waals surface area contributed by atoms with Crippen molar-refractivity contribution in [3.05, 3.63) is 11.9 Å². The van der Waals surface area contributed by atoms with Gasteiger partial charge in [0.25, 0.3) is 0 Å². The Morgan fingerprint density at radius 3 is 2.28 bits per heavy atom. The Morgan fingerprint density at radius 1 is 0.966 bits per heavy atom. The van der Waals surface area contributed by atoms with Gasteiger partial charge in [-0.15, -0.1) is 5.10 Å². The minimum Gasteiger partial charge on any atom is -0.382 e. The van der Waals surface area contributed by atoms with Crippen molar-refractivity contribution >= 4 is 5.78 Å². The SMILES string of the molecule is CCC(CC)C(=O)CCCCCn1cc(COCCOCCOCCOC)nn1. The number of carbonyl (C=O) groups is 1. The molecule has 0 bridgehead atoms. The monoisotopic (exact) mass is 413 g/mol. The summed E-state index contributed by atoms with van der Waals surface area (Å²) in [6, 6.07) is 0. The Morgan fingerprint density at radius 2 is 1.62 bits per heavy atom. The highest BCUT2D eigenvalue weighted by Gasteiger charge is 2.13. The number of aromatic nitrogens is 3. The zero-order valence-electron chi connectivity index (χ0n) is 18.4. The van der Waals surface area contributed by atoms with E-state index < -0.39 is 0 Å². The molecule has 8 heteroatoms. The minimum atomic E-state index is 0.243. The third kappa shape index (κ3) is 12.7. The summed E-state index contributed by atoms with van der Waals surface area (Å²) in [4.78, 5) is 12.0. The van der Waals surface area contributed by atoms with Gasteiger partial charge in [0.05, 0.1) is 52.4 Å². The molecular weight excluding hydrogens is 374 g/mol. The lowest BCUT2D eigenvalue weighted by Gasteiger charge is -2.10. The van der Waals surface area contributed by atoms with Crippen LogP contribution in [-0.2, 0) is 36.9 Å². The highest BCUT2D eigenvalue weighted by Crippen LogP contribution is 2.14. The van der Waals surface area contributed by atoms with Crippen LogP contribution in [0.5, 0.6) is 0 Å². The van der Waals surface area contributed by atoms with Crippen LogP contribution < -0.4 is 0 Å². The zero-order chi connectivity index (χ0) is 21.2. The van der Waals surface area contributed by atoms with Crippen LogP contribution >= 0.6 is 0 Å². The Kier molecular flexibility index (Phi) is 15.5. The molecule has 0 fully saturated rings. The number of unbranched alkanes of at least 4 members (excludes halogenated alkanes) is 2. The number of rotatable bonds is 20. The summed E-state index contributed by atoms with van der Waals surface area (Å²) in [5.41, 5.74) is 0.816. The van der Waals surface area contributed by atoms with Crippen molar-refractivity contribution in [2.75, 3.05) is 46.8 Å². The van der Waals surface area contributed by atoms with Crippen molar-refractivity contribution in [1.29, 1.82) is 0 Å². The van der Waals surface area contributed by atoms with Crippen LogP contribution in [0.25, 0.3) is 0 Å². The molecule has 0 aromatic carbocycles. The summed E-state index contributed by atoms with van der Waals surface area (Å²) in [5, 5.41) is 8.25. The number of hydrogen-bond acceptors (Lipinski definition) is 7. The molecule has 8 nitrogen and oxygen atoms in total. The van der Waals surface area contributed by atoms with E-state index in [2.05, 4.69) is 24.2 Å². The average Bonchev–Trinajstić information content (AvgIpc) is 3.17. The fourth-order valence-electron chi connectivity index (χ4n) is 2.97. The highest BCUT2D eigenvalue weighted by molar-refractivity contribution is 5.80. The van der Waals surface area contributed by atoms with Gasteiger partial charge < -0.3 is 18.9 Å². The van der Waals surface area contributed by atoms with Crippen molar-refractivity contribution in [2.45, 2.75) is 65.5 Å². The van der Waals surface area contributed by atoms with Crippen LogP contribution in [0, 0.1) is 5.92 Å². The van der Waals surface area contributed by atoms with E-state index in [1.54, 1.807) is 7.11 Å². The normalized spacial score (nSPS) is 11.4. The van der Waals surface area contributed by atoms with Gasteiger partial charge in [-0.05, 0) is 25.7 Å². The molecule has 0 aliphatic carbocycles. The molecule has 0 unspecified atom stereocenters. The lowest BCUT2D eigenvalue weighted by atomic mass is 9.94. The molecule has 0 aliphatic rings. The second-order valence-electron chi connectivity index (χ2n) is 7.03. The summed E-state index contributed by atoms with van der Waals surface area (Å²) < 4.78 is 23.0. The van der Waals surface area contributed by atoms with Crippen molar-refractivity contribution in [2.24, 2.45) is 5.92 Å². The van der Waals surface area contributed by atoms with Crippen molar-refractivity contribution in [3.63, 3.8) is 0 Å². The van der Waals surface area contributed by atoms with Gasteiger partial charge in [-0.3, -0.25) is 9.48 Å². The molecule has 0 aliphatic heterocycles. The first-order chi connectivity index (χ1) is 14.2. The van der Waals surface area contributed by atoms with E-state index in [0.29, 0.717) is 58.5 Å². The van der Waals surface area contributed by atoms with E-state index >= 15 is 0 Å². The van der Waals surface area contributed by atoms with Crippen LogP contribution in [0.4, 0.5) is 0 Å². The van der Waals surface area contributed by atoms with E-state index in [1.165, 1.54) is 0 Å². The fourth-order valence-corrected chi connectivity index (χ4v) is 2.97. The average molecular weight is 414 g/mol. The van der Waals surface area contributed by atoms with Crippen LogP contribution in [0.1, 0.15) is 58.1 Å². The van der Waals surface area contributed by atoms with E-state index in [1.807, 2.05) is 10.9 Å². The molecule has 1 rings (SSSR count). The van der Waals surface area contributed by atoms with E-state index in [4.69, 9.17) is 18.9 Å². The van der Waals surface area contributed by atoms with Crippen LogP contribution in [-0.4, -0.2) is 67.5 Å². The van der Waals surface area contributed by atoms with E-state index in [-0.39, 0.29) is 5.92 Å². The third-order valence-corrected chi connectivity index (χ3v) is 4.76. The molecule has 1 aromatic heterocycles. The Hall–Kier alpha value is -1.35. The molecule has 0 saturated carbocycles. The first-order valence-corrected chi connectivity index (χ1v) is 10.8. The van der Waals surface area contributed by atoms with Gasteiger partial charge in [0.2, 0.25) is 0 Å². The maximum atomic E-state index is 12.0. The molecule has 0 saturated heterocycles. The van der Waals surface area contributed by atoms with Gasteiger partial charge >= 0.3 is 0 Å². The Balaban J connectivity index is 2.00. The quantitative estimate of drug-likeness (QED) is 0.304. The summed E-state index contributed by atoms with van der Waals surface area (Å²) in [6.45, 7) is 8.75. The minimum absolute atomic E-state index is 0.243. The summed E-state index contributed by atoms with van der Waals surface area (Å²) in [7, 11) is 1.65. The number of nitrogens with zero attached hydrogens (tertiary/aromatic N) is 3. The third-order valence-electron chi connectivity index (χ3n) is 4.76. The predicted molar refractivity (Wildman–Crippen MR) is 111 cm³/mol. The highest BCUT2D eigenvalue weighted by atomic mass is 16.6. The van der Waals surface area contributed by atoms with Gasteiger partial charge in [-0.25, -0.2) is 0 Å². The number of hydrogen-bond donors (Lipinski definition) is 0. The van der Waals surface area contributed by atoms with Crippen LogP contribution in [0.2, 0.25) is 0 Å². The van der Waals surface area contributed by atoms with Gasteiger partial charge in [-0.2, -0.15) is 0 Å².